The summed E-state index contributed by atoms with van der Waals surface area (Å²) in [5.41, 5.74) is 2.18. The first kappa shape index (κ1) is 14.7. The number of aliphatic carboxylic acids is 1. The summed E-state index contributed by atoms with van der Waals surface area (Å²) in [6.07, 6.45) is 2.22. The second kappa shape index (κ2) is 6.61. The van der Waals surface area contributed by atoms with Crippen LogP contribution in [-0.4, -0.2) is 20.4 Å². The number of carboxylic acids is 1. The molecule has 0 radical (unpaired) electrons. The van der Waals surface area contributed by atoms with Crippen molar-refractivity contribution < 1.29 is 9.90 Å². The molecule has 4 nitrogen and oxygen atoms in total. The van der Waals surface area contributed by atoms with Crippen LogP contribution in [0.25, 0.3) is 0 Å². The first-order valence-corrected chi connectivity index (χ1v) is 7.48. The Hall–Kier alpha value is -1.75. The summed E-state index contributed by atoms with van der Waals surface area (Å²) >= 11 is 1.21. The van der Waals surface area contributed by atoms with Gasteiger partial charge in [-0.1, -0.05) is 36.8 Å². The molecule has 0 bridgehead atoms. The molecule has 0 aliphatic carbocycles. The van der Waals surface area contributed by atoms with Crippen molar-refractivity contribution in [3.8, 4) is 0 Å². The van der Waals surface area contributed by atoms with Crippen molar-refractivity contribution in [2.45, 2.75) is 39.0 Å². The number of carbonyl (C=O) groups is 1. The lowest BCUT2D eigenvalue weighted by Gasteiger charge is -2.09. The fraction of sp³-hybridized carbons (Fsp3) is 0.400. The Morgan fingerprint density at radius 3 is 2.65 bits per heavy atom. The van der Waals surface area contributed by atoms with Crippen LogP contribution in [0.3, 0.4) is 0 Å². The molecule has 0 aliphatic heterocycles. The molecule has 0 aliphatic rings. The van der Waals surface area contributed by atoms with Crippen LogP contribution in [-0.2, 0) is 17.6 Å². The maximum Gasteiger partial charge on any atom is 0.313 e. The smallest absolute Gasteiger partial charge is 0.313 e. The molecule has 1 heterocycles. The normalized spacial score (nSPS) is 12.3. The van der Waals surface area contributed by atoms with Crippen molar-refractivity contribution in [3.63, 3.8) is 0 Å². The molecule has 1 N–H and O–H groups in total. The predicted molar refractivity (Wildman–Crippen MR) is 79.2 cm³/mol. The molecule has 0 amide bonds. The van der Waals surface area contributed by atoms with E-state index in [-0.39, 0.29) is 0 Å². The maximum atomic E-state index is 11.5. The predicted octanol–water partition coefficient (Wildman–Crippen LogP) is 3.21. The van der Waals surface area contributed by atoms with Crippen LogP contribution in [0.1, 0.15) is 41.2 Å². The van der Waals surface area contributed by atoms with Crippen molar-refractivity contribution >= 4 is 17.5 Å². The minimum Gasteiger partial charge on any atom is -0.481 e. The van der Waals surface area contributed by atoms with Gasteiger partial charge < -0.3 is 5.11 Å². The molecule has 1 atom stereocenters. The van der Waals surface area contributed by atoms with Crippen LogP contribution >= 0.6 is 11.5 Å². The number of rotatable bonds is 6. The zero-order valence-electron chi connectivity index (χ0n) is 11.7. The number of nitrogens with zero attached hydrogens (tertiary/aromatic N) is 2. The molecular formula is C15H18N2O2S. The van der Waals surface area contributed by atoms with E-state index < -0.39 is 11.9 Å². The lowest BCUT2D eigenvalue weighted by molar-refractivity contribution is -0.138. The van der Waals surface area contributed by atoms with E-state index in [4.69, 9.17) is 0 Å². The Morgan fingerprint density at radius 1 is 1.35 bits per heavy atom. The fourth-order valence-corrected chi connectivity index (χ4v) is 2.76. The molecule has 2 aromatic rings. The van der Waals surface area contributed by atoms with Gasteiger partial charge in [-0.25, -0.2) is 4.98 Å². The van der Waals surface area contributed by atoms with E-state index in [9.17, 15) is 9.90 Å². The van der Waals surface area contributed by atoms with Crippen LogP contribution in [0.15, 0.2) is 24.3 Å². The number of carboxylic acid groups (broad SMARTS) is 1. The number of aromatic nitrogens is 2. The third kappa shape index (κ3) is 3.63. The number of benzene rings is 1. The molecule has 1 aromatic heterocycles. The second-order valence-corrected chi connectivity index (χ2v) is 5.66. The van der Waals surface area contributed by atoms with Gasteiger partial charge in [0.2, 0.25) is 0 Å². The molecule has 106 valence electrons. The van der Waals surface area contributed by atoms with E-state index in [1.54, 1.807) is 0 Å². The molecule has 5 heteroatoms. The Balaban J connectivity index is 2.17. The number of hydrogen-bond donors (Lipinski definition) is 1. The Kier molecular flexibility index (Phi) is 4.84. The summed E-state index contributed by atoms with van der Waals surface area (Å²) in [6.45, 7) is 4.07. The zero-order chi connectivity index (χ0) is 14.5. The molecular weight excluding hydrogens is 272 g/mol. The van der Waals surface area contributed by atoms with Crippen LogP contribution in [0.4, 0.5) is 0 Å². The van der Waals surface area contributed by atoms with Crippen LogP contribution < -0.4 is 0 Å². The molecule has 0 fully saturated rings. The summed E-state index contributed by atoms with van der Waals surface area (Å²) < 4.78 is 4.23. The highest BCUT2D eigenvalue weighted by molar-refractivity contribution is 7.05. The van der Waals surface area contributed by atoms with E-state index in [0.29, 0.717) is 11.4 Å². The minimum atomic E-state index is -0.843. The van der Waals surface area contributed by atoms with Gasteiger partial charge in [-0.05, 0) is 36.9 Å². The van der Waals surface area contributed by atoms with Gasteiger partial charge in [0.15, 0.2) is 0 Å². The Labute approximate surface area is 122 Å². The van der Waals surface area contributed by atoms with E-state index in [1.165, 1.54) is 17.1 Å². The fourth-order valence-electron chi connectivity index (χ4n) is 1.97. The Morgan fingerprint density at radius 2 is 2.05 bits per heavy atom. The summed E-state index contributed by atoms with van der Waals surface area (Å²) in [6, 6.07) is 7.94. The Bertz CT molecular complexity index is 578. The van der Waals surface area contributed by atoms with E-state index in [0.717, 1.165) is 24.2 Å². The summed E-state index contributed by atoms with van der Waals surface area (Å²) in [4.78, 5) is 15.8. The van der Waals surface area contributed by atoms with Crippen molar-refractivity contribution in [1.82, 2.24) is 9.36 Å². The SMILES string of the molecule is CCCc1nsc(C(Cc2ccc(C)cc2)C(=O)O)n1. The summed E-state index contributed by atoms with van der Waals surface area (Å²) in [5.74, 6) is -0.701. The minimum absolute atomic E-state index is 0.455. The molecule has 0 spiro atoms. The third-order valence-corrected chi connectivity index (χ3v) is 3.98. The van der Waals surface area contributed by atoms with E-state index in [1.807, 2.05) is 31.2 Å². The first-order valence-electron chi connectivity index (χ1n) is 6.71. The molecule has 20 heavy (non-hydrogen) atoms. The standard InChI is InChI=1S/C15H18N2O2S/c1-3-4-13-16-14(20-17-13)12(15(18)19)9-11-7-5-10(2)6-8-11/h5-8,12H,3-4,9H2,1-2H3,(H,18,19). The van der Waals surface area contributed by atoms with Gasteiger partial charge in [0.1, 0.15) is 16.7 Å². The van der Waals surface area contributed by atoms with Crippen LogP contribution in [0.5, 0.6) is 0 Å². The summed E-state index contributed by atoms with van der Waals surface area (Å²) in [7, 11) is 0. The largest absolute Gasteiger partial charge is 0.481 e. The number of hydrogen-bond acceptors (Lipinski definition) is 4. The van der Waals surface area contributed by atoms with Crippen molar-refractivity contribution in [1.29, 1.82) is 0 Å². The van der Waals surface area contributed by atoms with Gasteiger partial charge in [0, 0.05) is 6.42 Å². The highest BCUT2D eigenvalue weighted by Gasteiger charge is 2.24. The molecule has 1 aromatic carbocycles. The monoisotopic (exact) mass is 290 g/mol. The lowest BCUT2D eigenvalue weighted by Crippen LogP contribution is -2.14. The lowest BCUT2D eigenvalue weighted by atomic mass is 9.99. The van der Waals surface area contributed by atoms with Crippen molar-refractivity contribution in [2.24, 2.45) is 0 Å². The van der Waals surface area contributed by atoms with E-state index in [2.05, 4.69) is 16.3 Å². The zero-order valence-corrected chi connectivity index (χ0v) is 12.5. The quantitative estimate of drug-likeness (QED) is 0.887. The van der Waals surface area contributed by atoms with Gasteiger partial charge in [0.05, 0.1) is 0 Å². The van der Waals surface area contributed by atoms with Crippen molar-refractivity contribution in [3.05, 3.63) is 46.2 Å². The number of aryl methyl sites for hydroxylation is 2. The molecule has 2 rings (SSSR count). The highest BCUT2D eigenvalue weighted by atomic mass is 32.1. The average Bonchev–Trinajstić information content (AvgIpc) is 2.86. The van der Waals surface area contributed by atoms with Gasteiger partial charge in [-0.3, -0.25) is 4.79 Å². The third-order valence-electron chi connectivity index (χ3n) is 3.11. The second-order valence-electron chi connectivity index (χ2n) is 4.88. The van der Waals surface area contributed by atoms with Crippen LogP contribution in [0.2, 0.25) is 0 Å². The average molecular weight is 290 g/mol. The van der Waals surface area contributed by atoms with Crippen LogP contribution in [0, 0.1) is 6.92 Å². The first-order chi connectivity index (χ1) is 9.60. The van der Waals surface area contributed by atoms with E-state index >= 15 is 0 Å². The topological polar surface area (TPSA) is 63.1 Å². The maximum absolute atomic E-state index is 11.5. The molecule has 0 saturated heterocycles. The highest BCUT2D eigenvalue weighted by Crippen LogP contribution is 2.23. The van der Waals surface area contributed by atoms with Gasteiger partial charge in [-0.2, -0.15) is 4.37 Å². The molecule has 0 saturated carbocycles. The molecule has 1 unspecified atom stereocenters. The van der Waals surface area contributed by atoms with Crippen molar-refractivity contribution in [2.75, 3.05) is 0 Å². The van der Waals surface area contributed by atoms with Gasteiger partial charge in [0.25, 0.3) is 0 Å². The van der Waals surface area contributed by atoms with Gasteiger partial charge in [-0.15, -0.1) is 0 Å². The summed E-state index contributed by atoms with van der Waals surface area (Å²) in [5, 5.41) is 10.0. The van der Waals surface area contributed by atoms with Gasteiger partial charge >= 0.3 is 5.97 Å².